The summed E-state index contributed by atoms with van der Waals surface area (Å²) >= 11 is 0. The van der Waals surface area contributed by atoms with Crippen LogP contribution in [0.15, 0.2) is 36.7 Å². The van der Waals surface area contributed by atoms with E-state index in [9.17, 15) is 4.79 Å². The third-order valence-corrected chi connectivity index (χ3v) is 3.80. The highest BCUT2D eigenvalue weighted by molar-refractivity contribution is 5.92. The Kier molecular flexibility index (Phi) is 3.96. The third kappa shape index (κ3) is 3.28. The number of nitrogens with one attached hydrogen (secondary N) is 2. The fourth-order valence-corrected chi connectivity index (χ4v) is 2.69. The highest BCUT2D eigenvalue weighted by Gasteiger charge is 2.24. The molecule has 3 rings (SSSR count). The highest BCUT2D eigenvalue weighted by atomic mass is 16.1. The Hall–Kier alpha value is -2.21. The number of nitrogens with zero attached hydrogens (tertiary/aromatic N) is 3. The Labute approximate surface area is 123 Å². The van der Waals surface area contributed by atoms with E-state index in [-0.39, 0.29) is 11.8 Å². The number of anilines is 1. The molecule has 110 valence electrons. The summed E-state index contributed by atoms with van der Waals surface area (Å²) in [6.07, 6.45) is 5.17. The van der Waals surface area contributed by atoms with Gasteiger partial charge in [-0.3, -0.25) is 4.79 Å². The molecule has 2 N–H and O–H groups in total. The van der Waals surface area contributed by atoms with Crippen molar-refractivity contribution in [2.24, 2.45) is 5.92 Å². The van der Waals surface area contributed by atoms with Crippen molar-refractivity contribution in [2.75, 3.05) is 11.9 Å². The fraction of sp³-hybridized carbons (Fsp3) is 0.400. The first-order valence-electron chi connectivity index (χ1n) is 7.23. The second kappa shape index (κ2) is 6.05. The predicted octanol–water partition coefficient (Wildman–Crippen LogP) is 1.59. The van der Waals surface area contributed by atoms with Gasteiger partial charge in [0.1, 0.15) is 0 Å². The van der Waals surface area contributed by atoms with Crippen LogP contribution < -0.4 is 10.6 Å². The van der Waals surface area contributed by atoms with Crippen LogP contribution in [-0.2, 0) is 4.79 Å². The summed E-state index contributed by atoms with van der Waals surface area (Å²) in [5.41, 5.74) is 1.67. The number of hydrogen-bond donors (Lipinski definition) is 2. The molecule has 1 fully saturated rings. The lowest BCUT2D eigenvalue weighted by atomic mass is 9.92. The van der Waals surface area contributed by atoms with Gasteiger partial charge in [0.2, 0.25) is 5.91 Å². The molecular formula is C15H19N5O. The maximum absolute atomic E-state index is 12.3. The lowest BCUT2D eigenvalue weighted by Crippen LogP contribution is -2.40. The van der Waals surface area contributed by atoms with Crippen molar-refractivity contribution in [2.45, 2.75) is 25.8 Å². The molecule has 2 heterocycles. The van der Waals surface area contributed by atoms with Crippen LogP contribution >= 0.6 is 0 Å². The molecule has 2 aromatic rings. The third-order valence-electron chi connectivity index (χ3n) is 3.80. The molecule has 0 aliphatic carbocycles. The van der Waals surface area contributed by atoms with Gasteiger partial charge in [0.15, 0.2) is 0 Å². The molecule has 1 aliphatic heterocycles. The van der Waals surface area contributed by atoms with Crippen LogP contribution in [0.1, 0.15) is 19.8 Å². The number of carbonyl (C=O) groups is 1. The normalized spacial score (nSPS) is 22.0. The molecule has 0 unspecified atom stereocenters. The van der Waals surface area contributed by atoms with Crippen molar-refractivity contribution in [3.05, 3.63) is 36.7 Å². The second-order valence-electron chi connectivity index (χ2n) is 5.46. The summed E-state index contributed by atoms with van der Waals surface area (Å²) < 4.78 is 1.67. The first kappa shape index (κ1) is 13.8. The van der Waals surface area contributed by atoms with Gasteiger partial charge in [-0.1, -0.05) is 11.3 Å². The number of piperidine rings is 1. The molecule has 1 aromatic carbocycles. The number of amides is 1. The predicted molar refractivity (Wildman–Crippen MR) is 80.2 cm³/mol. The lowest BCUT2D eigenvalue weighted by Gasteiger charge is -2.27. The molecule has 0 saturated carbocycles. The Morgan fingerprint density at radius 3 is 3.14 bits per heavy atom. The van der Waals surface area contributed by atoms with Crippen LogP contribution in [0, 0.1) is 5.92 Å². The lowest BCUT2D eigenvalue weighted by molar-refractivity contribution is -0.120. The first-order chi connectivity index (χ1) is 10.2. The van der Waals surface area contributed by atoms with E-state index in [1.165, 1.54) is 0 Å². The number of benzene rings is 1. The van der Waals surface area contributed by atoms with Gasteiger partial charge in [-0.2, -0.15) is 0 Å². The van der Waals surface area contributed by atoms with Crippen LogP contribution in [-0.4, -0.2) is 33.5 Å². The second-order valence-corrected chi connectivity index (χ2v) is 5.46. The summed E-state index contributed by atoms with van der Waals surface area (Å²) in [4.78, 5) is 12.3. The van der Waals surface area contributed by atoms with Gasteiger partial charge < -0.3 is 10.6 Å². The van der Waals surface area contributed by atoms with E-state index in [1.54, 1.807) is 17.1 Å². The zero-order valence-corrected chi connectivity index (χ0v) is 12.0. The average molecular weight is 285 g/mol. The van der Waals surface area contributed by atoms with Gasteiger partial charge in [-0.25, -0.2) is 4.68 Å². The van der Waals surface area contributed by atoms with Crippen LogP contribution in [0.4, 0.5) is 5.69 Å². The van der Waals surface area contributed by atoms with Gasteiger partial charge in [0.05, 0.1) is 18.1 Å². The minimum atomic E-state index is 0.0799. The maximum Gasteiger partial charge on any atom is 0.227 e. The van der Waals surface area contributed by atoms with Crippen LogP contribution in [0.2, 0.25) is 0 Å². The van der Waals surface area contributed by atoms with Crippen LogP contribution in [0.3, 0.4) is 0 Å². The SMILES string of the molecule is C[C@H]1C[C@@H](C(=O)Nc2cccc(-n3ccnn3)c2)CCN1. The Balaban J connectivity index is 1.70. The Bertz CT molecular complexity index is 610. The van der Waals surface area contributed by atoms with Crippen molar-refractivity contribution < 1.29 is 4.79 Å². The van der Waals surface area contributed by atoms with Gasteiger partial charge in [-0.05, 0) is 44.5 Å². The summed E-state index contributed by atoms with van der Waals surface area (Å²) in [5.74, 6) is 0.176. The molecule has 0 bridgehead atoms. The van der Waals surface area contributed by atoms with E-state index >= 15 is 0 Å². The number of carbonyl (C=O) groups excluding carboxylic acids is 1. The van der Waals surface area contributed by atoms with Gasteiger partial charge >= 0.3 is 0 Å². The smallest absolute Gasteiger partial charge is 0.227 e. The van der Waals surface area contributed by atoms with Crippen LogP contribution in [0.5, 0.6) is 0 Å². The van der Waals surface area contributed by atoms with E-state index < -0.39 is 0 Å². The largest absolute Gasteiger partial charge is 0.326 e. The molecule has 1 saturated heterocycles. The number of aromatic nitrogens is 3. The molecule has 0 spiro atoms. The Morgan fingerprint density at radius 2 is 2.38 bits per heavy atom. The minimum Gasteiger partial charge on any atom is -0.326 e. The zero-order chi connectivity index (χ0) is 14.7. The molecule has 6 nitrogen and oxygen atoms in total. The highest BCUT2D eigenvalue weighted by Crippen LogP contribution is 2.20. The van der Waals surface area contributed by atoms with Crippen molar-refractivity contribution in [3.8, 4) is 5.69 Å². The van der Waals surface area contributed by atoms with Crippen molar-refractivity contribution >= 4 is 11.6 Å². The van der Waals surface area contributed by atoms with Crippen molar-refractivity contribution in [1.29, 1.82) is 0 Å². The maximum atomic E-state index is 12.3. The molecule has 2 atom stereocenters. The van der Waals surface area contributed by atoms with E-state index in [0.717, 1.165) is 30.8 Å². The quantitative estimate of drug-likeness (QED) is 0.898. The van der Waals surface area contributed by atoms with Crippen LogP contribution in [0.25, 0.3) is 5.69 Å². The molecule has 1 amide bonds. The topological polar surface area (TPSA) is 71.8 Å². The molecule has 1 aromatic heterocycles. The van der Waals surface area contributed by atoms with Gasteiger partial charge in [0.25, 0.3) is 0 Å². The van der Waals surface area contributed by atoms with Gasteiger partial charge in [-0.15, -0.1) is 5.10 Å². The molecule has 6 heteroatoms. The van der Waals surface area contributed by atoms with Crippen molar-refractivity contribution in [1.82, 2.24) is 20.3 Å². The number of rotatable bonds is 3. The molecule has 0 radical (unpaired) electrons. The zero-order valence-electron chi connectivity index (χ0n) is 12.0. The first-order valence-corrected chi connectivity index (χ1v) is 7.23. The summed E-state index contributed by atoms with van der Waals surface area (Å²) in [5, 5.41) is 14.1. The van der Waals surface area contributed by atoms with Gasteiger partial charge in [0, 0.05) is 17.6 Å². The average Bonchev–Trinajstić information content (AvgIpc) is 3.02. The fourth-order valence-electron chi connectivity index (χ4n) is 2.69. The molecular weight excluding hydrogens is 266 g/mol. The van der Waals surface area contributed by atoms with E-state index in [0.29, 0.717) is 6.04 Å². The number of hydrogen-bond acceptors (Lipinski definition) is 4. The summed E-state index contributed by atoms with van der Waals surface area (Å²) in [6, 6.07) is 8.02. The summed E-state index contributed by atoms with van der Waals surface area (Å²) in [7, 11) is 0. The standard InChI is InChI=1S/C15H19N5O/c1-11-9-12(5-6-16-11)15(21)18-13-3-2-4-14(10-13)20-8-7-17-19-20/h2-4,7-8,10-12,16H,5-6,9H2,1H3,(H,18,21)/t11-,12-/m0/s1. The van der Waals surface area contributed by atoms with E-state index in [2.05, 4.69) is 27.9 Å². The Morgan fingerprint density at radius 1 is 1.48 bits per heavy atom. The monoisotopic (exact) mass is 285 g/mol. The summed E-state index contributed by atoms with van der Waals surface area (Å²) in [6.45, 7) is 3.02. The minimum absolute atomic E-state index is 0.0799. The molecule has 21 heavy (non-hydrogen) atoms. The van der Waals surface area contributed by atoms with E-state index in [4.69, 9.17) is 0 Å². The van der Waals surface area contributed by atoms with E-state index in [1.807, 2.05) is 24.3 Å². The van der Waals surface area contributed by atoms with Crippen molar-refractivity contribution in [3.63, 3.8) is 0 Å². The molecule has 1 aliphatic rings.